The van der Waals surface area contributed by atoms with E-state index in [-0.39, 0.29) is 0 Å². The van der Waals surface area contributed by atoms with Gasteiger partial charge in [-0.05, 0) is 30.7 Å². The van der Waals surface area contributed by atoms with Gasteiger partial charge in [-0.3, -0.25) is 4.99 Å². The predicted molar refractivity (Wildman–Crippen MR) is 108 cm³/mol. The number of nitrogens with zero attached hydrogens (tertiary/aromatic N) is 2. The number of thiazole rings is 1. The molecule has 0 aliphatic rings. The SMILES string of the molecule is COc1ccc(NC(N)=NCCCc2nc3ccccc3s2)cc1OC. The zero-order valence-corrected chi connectivity index (χ0v) is 15.7. The van der Waals surface area contributed by atoms with E-state index in [0.29, 0.717) is 24.0 Å². The van der Waals surface area contributed by atoms with Gasteiger partial charge in [0.1, 0.15) is 0 Å². The van der Waals surface area contributed by atoms with Gasteiger partial charge in [0.05, 0.1) is 29.4 Å². The van der Waals surface area contributed by atoms with Crippen LogP contribution in [-0.4, -0.2) is 31.7 Å². The molecule has 3 N–H and O–H groups in total. The number of hydrogen-bond acceptors (Lipinski definition) is 5. The first kappa shape index (κ1) is 18.0. The predicted octanol–water partition coefficient (Wildman–Crippen LogP) is 3.67. The number of fused-ring (bicyclic) bond motifs is 1. The van der Waals surface area contributed by atoms with Crippen molar-refractivity contribution in [1.29, 1.82) is 0 Å². The van der Waals surface area contributed by atoms with Gasteiger partial charge in [-0.25, -0.2) is 4.98 Å². The van der Waals surface area contributed by atoms with Gasteiger partial charge >= 0.3 is 0 Å². The van der Waals surface area contributed by atoms with Gasteiger partial charge in [0, 0.05) is 24.7 Å². The van der Waals surface area contributed by atoms with Crippen LogP contribution in [0.1, 0.15) is 11.4 Å². The molecular weight excluding hydrogens is 348 g/mol. The van der Waals surface area contributed by atoms with Crippen LogP contribution in [0.4, 0.5) is 5.69 Å². The number of methoxy groups -OCH3 is 2. The summed E-state index contributed by atoms with van der Waals surface area (Å²) in [4.78, 5) is 9.00. The van der Waals surface area contributed by atoms with Crippen LogP contribution in [0.3, 0.4) is 0 Å². The molecule has 2 aromatic carbocycles. The highest BCUT2D eigenvalue weighted by molar-refractivity contribution is 7.18. The van der Waals surface area contributed by atoms with E-state index in [4.69, 9.17) is 15.2 Å². The number of aromatic nitrogens is 1. The summed E-state index contributed by atoms with van der Waals surface area (Å²) in [5.74, 6) is 1.69. The fourth-order valence-electron chi connectivity index (χ4n) is 2.56. The number of guanidine groups is 1. The molecule has 1 aromatic heterocycles. The third kappa shape index (κ3) is 4.43. The Morgan fingerprint density at radius 3 is 2.73 bits per heavy atom. The van der Waals surface area contributed by atoms with E-state index in [1.807, 2.05) is 36.4 Å². The Kier molecular flexibility index (Phi) is 5.91. The maximum absolute atomic E-state index is 5.96. The number of aliphatic imine (C=N–C) groups is 1. The maximum atomic E-state index is 5.96. The van der Waals surface area contributed by atoms with Crippen molar-refractivity contribution in [1.82, 2.24) is 4.98 Å². The molecule has 0 bridgehead atoms. The van der Waals surface area contributed by atoms with E-state index in [0.717, 1.165) is 29.1 Å². The molecule has 0 saturated heterocycles. The van der Waals surface area contributed by atoms with E-state index < -0.39 is 0 Å². The van der Waals surface area contributed by atoms with Crippen molar-refractivity contribution >= 4 is 33.2 Å². The molecular formula is C19H22N4O2S. The number of rotatable bonds is 7. The van der Waals surface area contributed by atoms with Crippen LogP contribution >= 0.6 is 11.3 Å². The van der Waals surface area contributed by atoms with Gasteiger partial charge in [-0.15, -0.1) is 11.3 Å². The molecule has 0 atom stereocenters. The van der Waals surface area contributed by atoms with Crippen molar-refractivity contribution in [3.05, 3.63) is 47.5 Å². The van der Waals surface area contributed by atoms with Gasteiger partial charge in [-0.1, -0.05) is 12.1 Å². The third-order valence-corrected chi connectivity index (χ3v) is 4.92. The molecule has 0 unspecified atom stereocenters. The molecule has 0 aliphatic carbocycles. The second-order valence-electron chi connectivity index (χ2n) is 5.64. The smallest absolute Gasteiger partial charge is 0.193 e. The summed E-state index contributed by atoms with van der Waals surface area (Å²) in [6.07, 6.45) is 1.79. The normalized spacial score (nSPS) is 11.5. The zero-order valence-electron chi connectivity index (χ0n) is 14.9. The number of nitrogens with one attached hydrogen (secondary N) is 1. The Morgan fingerprint density at radius 1 is 1.15 bits per heavy atom. The molecule has 0 radical (unpaired) electrons. The Labute approximate surface area is 156 Å². The number of hydrogen-bond donors (Lipinski definition) is 2. The average Bonchev–Trinajstić information content (AvgIpc) is 3.08. The number of benzene rings is 2. The van der Waals surface area contributed by atoms with E-state index in [2.05, 4.69) is 21.4 Å². The molecule has 136 valence electrons. The number of para-hydroxylation sites is 1. The van der Waals surface area contributed by atoms with Crippen LogP contribution in [0.25, 0.3) is 10.2 Å². The van der Waals surface area contributed by atoms with E-state index in [1.165, 1.54) is 4.70 Å². The lowest BCUT2D eigenvalue weighted by molar-refractivity contribution is 0.355. The van der Waals surface area contributed by atoms with Crippen molar-refractivity contribution in [2.75, 3.05) is 26.1 Å². The lowest BCUT2D eigenvalue weighted by Gasteiger charge is -2.10. The summed E-state index contributed by atoms with van der Waals surface area (Å²) in [6.45, 7) is 0.641. The maximum Gasteiger partial charge on any atom is 0.193 e. The van der Waals surface area contributed by atoms with E-state index >= 15 is 0 Å². The number of aryl methyl sites for hydroxylation is 1. The standard InChI is InChI=1S/C19H22N4O2S/c1-24-15-10-9-13(12-16(15)25-2)22-19(20)21-11-5-8-18-23-14-6-3-4-7-17(14)26-18/h3-4,6-7,9-10,12H,5,8,11H2,1-2H3,(H3,20,21,22). The summed E-state index contributed by atoms with van der Waals surface area (Å²) in [7, 11) is 3.20. The van der Waals surface area contributed by atoms with E-state index in [1.54, 1.807) is 25.6 Å². The molecule has 0 fully saturated rings. The lowest BCUT2D eigenvalue weighted by atomic mass is 10.3. The summed E-state index contributed by atoms with van der Waals surface area (Å²) in [5, 5.41) is 4.20. The molecule has 6 nitrogen and oxygen atoms in total. The third-order valence-electron chi connectivity index (χ3n) is 3.83. The van der Waals surface area contributed by atoms with Crippen molar-refractivity contribution in [2.45, 2.75) is 12.8 Å². The second-order valence-corrected chi connectivity index (χ2v) is 6.76. The number of nitrogens with two attached hydrogens (primary N) is 1. The zero-order chi connectivity index (χ0) is 18.4. The minimum Gasteiger partial charge on any atom is -0.493 e. The van der Waals surface area contributed by atoms with Crippen LogP contribution in [0.2, 0.25) is 0 Å². The summed E-state index contributed by atoms with van der Waals surface area (Å²) >= 11 is 1.73. The molecule has 0 spiro atoms. The average molecular weight is 370 g/mol. The highest BCUT2D eigenvalue weighted by atomic mass is 32.1. The highest BCUT2D eigenvalue weighted by Crippen LogP contribution is 2.29. The quantitative estimate of drug-likeness (QED) is 0.377. The summed E-state index contributed by atoms with van der Waals surface area (Å²) in [6, 6.07) is 13.7. The first-order chi connectivity index (χ1) is 12.7. The minimum atomic E-state index is 0.376. The van der Waals surface area contributed by atoms with Gasteiger partial charge in [0.2, 0.25) is 0 Å². The second kappa shape index (κ2) is 8.53. The monoisotopic (exact) mass is 370 g/mol. The Bertz CT molecular complexity index is 874. The first-order valence-electron chi connectivity index (χ1n) is 8.33. The molecule has 0 saturated carbocycles. The Morgan fingerprint density at radius 2 is 1.96 bits per heavy atom. The van der Waals surface area contributed by atoms with Crippen LogP contribution in [0.15, 0.2) is 47.5 Å². The number of anilines is 1. The Hall–Kier alpha value is -2.80. The fourth-order valence-corrected chi connectivity index (χ4v) is 3.57. The van der Waals surface area contributed by atoms with Gasteiger partial charge in [0.15, 0.2) is 17.5 Å². The van der Waals surface area contributed by atoms with Crippen LogP contribution in [-0.2, 0) is 6.42 Å². The van der Waals surface area contributed by atoms with Gasteiger partial charge in [-0.2, -0.15) is 0 Å². The highest BCUT2D eigenvalue weighted by Gasteiger charge is 2.05. The van der Waals surface area contributed by atoms with Crippen LogP contribution in [0, 0.1) is 0 Å². The molecule has 1 heterocycles. The molecule has 3 rings (SSSR count). The fraction of sp³-hybridized carbons (Fsp3) is 0.263. The minimum absolute atomic E-state index is 0.376. The van der Waals surface area contributed by atoms with Crippen molar-refractivity contribution in [3.63, 3.8) is 0 Å². The molecule has 7 heteroatoms. The molecule has 0 aliphatic heterocycles. The summed E-state index contributed by atoms with van der Waals surface area (Å²) in [5.41, 5.74) is 7.82. The Balaban J connectivity index is 1.52. The summed E-state index contributed by atoms with van der Waals surface area (Å²) < 4.78 is 11.7. The van der Waals surface area contributed by atoms with Crippen molar-refractivity contribution < 1.29 is 9.47 Å². The van der Waals surface area contributed by atoms with Gasteiger partial charge in [0.25, 0.3) is 0 Å². The molecule has 26 heavy (non-hydrogen) atoms. The van der Waals surface area contributed by atoms with Crippen LogP contribution in [0.5, 0.6) is 11.5 Å². The molecule has 3 aromatic rings. The van der Waals surface area contributed by atoms with Crippen molar-refractivity contribution in [2.24, 2.45) is 10.7 Å². The van der Waals surface area contributed by atoms with Crippen molar-refractivity contribution in [3.8, 4) is 11.5 Å². The lowest BCUT2D eigenvalue weighted by Crippen LogP contribution is -2.22. The topological polar surface area (TPSA) is 81.8 Å². The van der Waals surface area contributed by atoms with Gasteiger partial charge < -0.3 is 20.5 Å². The number of ether oxygens (including phenoxy) is 2. The van der Waals surface area contributed by atoms with E-state index in [9.17, 15) is 0 Å². The first-order valence-corrected chi connectivity index (χ1v) is 9.14. The largest absolute Gasteiger partial charge is 0.493 e. The molecule has 0 amide bonds. The van der Waals surface area contributed by atoms with Crippen LogP contribution < -0.4 is 20.5 Å².